The molecule has 2 aromatic carbocycles. The first-order valence-electron chi connectivity index (χ1n) is 14.8. The molecule has 1 aliphatic carbocycles. The highest BCUT2D eigenvalue weighted by atomic mass is 32.1. The number of ether oxygens (including phenoxy) is 1. The smallest absolute Gasteiger partial charge is 0.341 e. The molecule has 0 aliphatic heterocycles. The normalized spacial score (nSPS) is 14.4. The Labute approximate surface area is 259 Å². The van der Waals surface area contributed by atoms with Crippen LogP contribution in [0.2, 0.25) is 0 Å². The average Bonchev–Trinajstić information content (AvgIpc) is 3.80. The van der Waals surface area contributed by atoms with Gasteiger partial charge in [0.05, 0.1) is 34.6 Å². The number of carboxylic acids is 1. The molecule has 0 spiro atoms. The number of carboxylic acid groups (broad SMARTS) is 1. The van der Waals surface area contributed by atoms with E-state index in [4.69, 9.17) is 24.2 Å². The van der Waals surface area contributed by atoms with Gasteiger partial charge in [0.1, 0.15) is 17.8 Å². The van der Waals surface area contributed by atoms with Crippen LogP contribution in [0.1, 0.15) is 65.8 Å². The number of carbonyl (C=O) groups excluding carboxylic acids is 1. The zero-order valence-corrected chi connectivity index (χ0v) is 25.5. The summed E-state index contributed by atoms with van der Waals surface area (Å²) in [5.74, 6) is 0.0881. The fourth-order valence-electron chi connectivity index (χ4n) is 5.76. The molecule has 1 atom stereocenters. The summed E-state index contributed by atoms with van der Waals surface area (Å²) in [6, 6.07) is 14.9. The first-order chi connectivity index (χ1) is 21.4. The number of anilines is 1. The van der Waals surface area contributed by atoms with Crippen molar-refractivity contribution in [3.05, 3.63) is 83.3 Å². The fourth-order valence-corrected chi connectivity index (χ4v) is 6.57. The molecule has 0 unspecified atom stereocenters. The second-order valence-corrected chi connectivity index (χ2v) is 12.2. The van der Waals surface area contributed by atoms with Gasteiger partial charge >= 0.3 is 5.97 Å². The lowest BCUT2D eigenvalue weighted by molar-refractivity contribution is -0.139. The molecule has 1 saturated carbocycles. The highest BCUT2D eigenvalue weighted by Gasteiger charge is 2.25. The Bertz CT molecular complexity index is 1740. The van der Waals surface area contributed by atoms with Crippen LogP contribution in [0, 0.1) is 0 Å². The summed E-state index contributed by atoms with van der Waals surface area (Å²) in [6.07, 6.45) is 9.74. The number of rotatable bonds is 11. The maximum atomic E-state index is 13.8. The molecule has 6 rings (SSSR count). The maximum Gasteiger partial charge on any atom is 0.341 e. The summed E-state index contributed by atoms with van der Waals surface area (Å²) in [5, 5.41) is 14.9. The fraction of sp³-hybridized carbons (Fsp3) is 0.333. The second-order valence-electron chi connectivity index (χ2n) is 11.3. The van der Waals surface area contributed by atoms with Gasteiger partial charge in [-0.2, -0.15) is 0 Å². The van der Waals surface area contributed by atoms with E-state index in [0.717, 1.165) is 51.7 Å². The molecule has 3 aromatic heterocycles. The molecule has 1 fully saturated rings. The highest BCUT2D eigenvalue weighted by Crippen LogP contribution is 2.36. The Kier molecular flexibility index (Phi) is 8.65. The third-order valence-electron chi connectivity index (χ3n) is 7.95. The number of aliphatic carboxylic acids is 1. The Morgan fingerprint density at radius 1 is 1.11 bits per heavy atom. The molecule has 228 valence electrons. The summed E-state index contributed by atoms with van der Waals surface area (Å²) in [4.78, 5) is 36.3. The van der Waals surface area contributed by atoms with E-state index in [2.05, 4.69) is 9.88 Å². The van der Waals surface area contributed by atoms with Gasteiger partial charge in [-0.15, -0.1) is 11.3 Å². The number of hydrogen-bond acceptors (Lipinski definition) is 8. The van der Waals surface area contributed by atoms with Gasteiger partial charge in [-0.3, -0.25) is 4.79 Å². The zero-order chi connectivity index (χ0) is 30.6. The summed E-state index contributed by atoms with van der Waals surface area (Å²) in [7, 11) is 3.87. The lowest BCUT2D eigenvalue weighted by Gasteiger charge is -2.25. The molecule has 10 nitrogen and oxygen atoms in total. The third kappa shape index (κ3) is 6.47. The van der Waals surface area contributed by atoms with Crippen LogP contribution in [0.5, 0.6) is 5.75 Å². The molecule has 1 amide bonds. The largest absolute Gasteiger partial charge is 0.482 e. The molecule has 0 radical (unpaired) electrons. The van der Waals surface area contributed by atoms with Crippen molar-refractivity contribution in [3.8, 4) is 17.1 Å². The van der Waals surface area contributed by atoms with Crippen molar-refractivity contribution in [2.75, 3.05) is 25.6 Å². The third-order valence-corrected chi connectivity index (χ3v) is 8.98. The monoisotopic (exact) mass is 613 g/mol. The van der Waals surface area contributed by atoms with Crippen molar-refractivity contribution in [3.63, 3.8) is 0 Å². The van der Waals surface area contributed by atoms with Crippen molar-refractivity contribution in [1.29, 1.82) is 0 Å². The summed E-state index contributed by atoms with van der Waals surface area (Å²) in [6.45, 7) is -0.406. The number of thiazole rings is 1. The van der Waals surface area contributed by atoms with Crippen LogP contribution in [0.15, 0.2) is 70.9 Å². The van der Waals surface area contributed by atoms with E-state index in [9.17, 15) is 9.59 Å². The quantitative estimate of drug-likeness (QED) is 0.173. The van der Waals surface area contributed by atoms with Crippen molar-refractivity contribution < 1.29 is 23.8 Å². The number of benzene rings is 2. The molecular weight excluding hydrogens is 578 g/mol. The second kappa shape index (κ2) is 12.9. The van der Waals surface area contributed by atoms with Gasteiger partial charge in [-0.1, -0.05) is 31.4 Å². The van der Waals surface area contributed by atoms with Gasteiger partial charge in [-0.05, 0) is 61.2 Å². The maximum absolute atomic E-state index is 13.8. The number of imidazole rings is 1. The minimum atomic E-state index is -1.03. The Morgan fingerprint density at radius 3 is 2.59 bits per heavy atom. The summed E-state index contributed by atoms with van der Waals surface area (Å²) < 4.78 is 13.0. The summed E-state index contributed by atoms with van der Waals surface area (Å²) in [5.41, 5.74) is 4.96. The predicted molar refractivity (Wildman–Crippen MR) is 169 cm³/mol. The Morgan fingerprint density at radius 2 is 1.91 bits per heavy atom. The van der Waals surface area contributed by atoms with E-state index in [0.29, 0.717) is 23.8 Å². The van der Waals surface area contributed by atoms with E-state index in [1.807, 2.05) is 60.8 Å². The predicted octanol–water partition coefficient (Wildman–Crippen LogP) is 6.50. The number of nitrogens with zero attached hydrogens (tertiary/aromatic N) is 4. The molecule has 11 heteroatoms. The van der Waals surface area contributed by atoms with Crippen LogP contribution in [0.4, 0.5) is 5.13 Å². The van der Waals surface area contributed by atoms with Crippen LogP contribution >= 0.6 is 11.3 Å². The topological polar surface area (TPSA) is 123 Å². The number of amides is 1. The molecule has 2 N–H and O–H groups in total. The molecule has 1 aliphatic rings. The highest BCUT2D eigenvalue weighted by molar-refractivity contribution is 7.13. The summed E-state index contributed by atoms with van der Waals surface area (Å²) >= 11 is 1.52. The van der Waals surface area contributed by atoms with E-state index in [1.165, 1.54) is 30.6 Å². The molecule has 0 bridgehead atoms. The lowest BCUT2D eigenvalue weighted by Crippen LogP contribution is -2.30. The number of aromatic nitrogens is 3. The van der Waals surface area contributed by atoms with Crippen molar-refractivity contribution in [2.45, 2.75) is 50.6 Å². The van der Waals surface area contributed by atoms with E-state index >= 15 is 0 Å². The minimum Gasteiger partial charge on any atom is -0.482 e. The first-order valence-corrected chi connectivity index (χ1v) is 15.7. The standard InChI is InChI=1S/C33H35N5O5S/c1-37(2)33-36-28(20-44-33)26(16-21-8-11-25(12-9-21)43-19-30(39)40)35-32(41)22-10-13-29-27(17-22)34-31(23-14-15-42-18-23)38(29)24-6-4-3-5-7-24/h8-15,17-18,20,24,26H,3-7,16,19H2,1-2H3,(H,35,41)(H,39,40)/t26-/m0/s1. The van der Waals surface area contributed by atoms with Gasteiger partial charge in [0.25, 0.3) is 5.91 Å². The van der Waals surface area contributed by atoms with E-state index in [1.54, 1.807) is 24.7 Å². The molecule has 3 heterocycles. The van der Waals surface area contributed by atoms with Crippen molar-refractivity contribution in [1.82, 2.24) is 19.9 Å². The van der Waals surface area contributed by atoms with Gasteiger partial charge < -0.3 is 29.0 Å². The number of carbonyl (C=O) groups is 2. The Balaban J connectivity index is 1.28. The van der Waals surface area contributed by atoms with Crippen molar-refractivity contribution >= 4 is 39.4 Å². The van der Waals surface area contributed by atoms with Crippen LogP contribution in [-0.2, 0) is 11.2 Å². The van der Waals surface area contributed by atoms with Gasteiger partial charge in [0.15, 0.2) is 11.7 Å². The van der Waals surface area contributed by atoms with Crippen molar-refractivity contribution in [2.24, 2.45) is 0 Å². The van der Waals surface area contributed by atoms with Gasteiger partial charge in [-0.25, -0.2) is 14.8 Å². The zero-order valence-electron chi connectivity index (χ0n) is 24.7. The van der Waals surface area contributed by atoms with Gasteiger partial charge in [0.2, 0.25) is 0 Å². The minimum absolute atomic E-state index is 0.213. The molecule has 5 aromatic rings. The average molecular weight is 614 g/mol. The SMILES string of the molecule is CN(C)c1nc([C@H](Cc2ccc(OCC(=O)O)cc2)NC(=O)c2ccc3c(c2)nc(-c2ccoc2)n3C2CCCCC2)cs1. The van der Waals surface area contributed by atoms with Crippen LogP contribution < -0.4 is 15.0 Å². The lowest BCUT2D eigenvalue weighted by atomic mass is 9.95. The molecule has 0 saturated heterocycles. The molecule has 44 heavy (non-hydrogen) atoms. The number of furan rings is 1. The van der Waals surface area contributed by atoms with Gasteiger partial charge in [0, 0.05) is 31.1 Å². The van der Waals surface area contributed by atoms with E-state index in [-0.39, 0.29) is 5.91 Å². The van der Waals surface area contributed by atoms with Crippen LogP contribution in [0.25, 0.3) is 22.4 Å². The molecular formula is C33H35N5O5S. The van der Waals surface area contributed by atoms with E-state index < -0.39 is 18.6 Å². The Hall–Kier alpha value is -4.64. The number of hydrogen-bond donors (Lipinski definition) is 2. The van der Waals surface area contributed by atoms with Crippen LogP contribution in [-0.4, -0.2) is 52.2 Å². The van der Waals surface area contributed by atoms with Crippen LogP contribution in [0.3, 0.4) is 0 Å². The number of fused-ring (bicyclic) bond motifs is 1. The number of nitrogens with one attached hydrogen (secondary N) is 1. The first kappa shape index (κ1) is 29.4.